The van der Waals surface area contributed by atoms with E-state index in [2.05, 4.69) is 10.1 Å². The van der Waals surface area contributed by atoms with Crippen molar-refractivity contribution in [3.63, 3.8) is 0 Å². The highest BCUT2D eigenvalue weighted by Crippen LogP contribution is 2.25. The number of benzene rings is 2. The number of carbonyl (C=O) groups is 1. The number of ether oxygens (including phenoxy) is 3. The number of methoxy groups -OCH3 is 1. The van der Waals surface area contributed by atoms with Crippen LogP contribution < -0.4 is 14.8 Å². The van der Waals surface area contributed by atoms with Crippen LogP contribution in [0.25, 0.3) is 0 Å². The van der Waals surface area contributed by atoms with Crippen molar-refractivity contribution in [2.45, 2.75) is 26.0 Å². The van der Waals surface area contributed by atoms with E-state index in [4.69, 9.17) is 9.47 Å². The molecule has 8 heteroatoms. The minimum Gasteiger partial charge on any atom is -0.497 e. The van der Waals surface area contributed by atoms with Crippen LogP contribution in [0.4, 0.5) is 18.9 Å². The van der Waals surface area contributed by atoms with Gasteiger partial charge in [-0.25, -0.2) is 0 Å². The van der Waals surface area contributed by atoms with Gasteiger partial charge in [-0.2, -0.15) is 0 Å². The monoisotopic (exact) mass is 369 g/mol. The maximum Gasteiger partial charge on any atom is 0.573 e. The fourth-order valence-corrected chi connectivity index (χ4v) is 2.07. The minimum absolute atomic E-state index is 0.175. The summed E-state index contributed by atoms with van der Waals surface area (Å²) in [6.07, 6.45) is -5.61. The molecular weight excluding hydrogens is 351 g/mol. The highest BCUT2D eigenvalue weighted by atomic mass is 19.4. The number of halogens is 3. The molecule has 0 heterocycles. The van der Waals surface area contributed by atoms with Gasteiger partial charge in [-0.3, -0.25) is 4.79 Å². The lowest BCUT2D eigenvalue weighted by atomic mass is 10.2. The van der Waals surface area contributed by atoms with Crippen molar-refractivity contribution in [3.8, 4) is 11.5 Å². The van der Waals surface area contributed by atoms with Crippen LogP contribution in [-0.4, -0.2) is 25.5 Å². The molecule has 2 rings (SSSR count). The van der Waals surface area contributed by atoms with E-state index in [1.54, 1.807) is 32.2 Å². The molecule has 1 unspecified atom stereocenters. The second kappa shape index (κ2) is 8.57. The van der Waals surface area contributed by atoms with Crippen LogP contribution in [0.2, 0.25) is 0 Å². The van der Waals surface area contributed by atoms with Crippen molar-refractivity contribution < 1.29 is 32.2 Å². The Bertz CT molecular complexity index is 749. The molecule has 5 nitrogen and oxygen atoms in total. The number of carbonyl (C=O) groups excluding carboxylic acids is 1. The fraction of sp³-hybridized carbons (Fsp3) is 0.278. The Hall–Kier alpha value is -2.74. The molecule has 0 aromatic heterocycles. The highest BCUT2D eigenvalue weighted by Gasteiger charge is 2.31. The molecule has 0 saturated carbocycles. The molecule has 26 heavy (non-hydrogen) atoms. The van der Waals surface area contributed by atoms with Gasteiger partial charge in [-0.05, 0) is 36.8 Å². The Labute approximate surface area is 148 Å². The largest absolute Gasteiger partial charge is 0.573 e. The summed E-state index contributed by atoms with van der Waals surface area (Å²) < 4.78 is 51.1. The summed E-state index contributed by atoms with van der Waals surface area (Å²) in [6.45, 7) is 1.73. The van der Waals surface area contributed by atoms with Crippen LogP contribution in [0, 0.1) is 0 Å². The Morgan fingerprint density at radius 2 is 1.81 bits per heavy atom. The van der Waals surface area contributed by atoms with Gasteiger partial charge in [0.15, 0.2) is 0 Å². The third kappa shape index (κ3) is 6.29. The average molecular weight is 369 g/mol. The first-order valence-electron chi connectivity index (χ1n) is 7.68. The van der Waals surface area contributed by atoms with E-state index in [9.17, 15) is 18.0 Å². The molecular formula is C18H18F3NO4. The van der Waals surface area contributed by atoms with Gasteiger partial charge in [0.2, 0.25) is 0 Å². The van der Waals surface area contributed by atoms with Gasteiger partial charge < -0.3 is 19.5 Å². The summed E-state index contributed by atoms with van der Waals surface area (Å²) in [5, 5.41) is 2.49. The normalized spacial score (nSPS) is 12.3. The van der Waals surface area contributed by atoms with Crippen LogP contribution in [0.3, 0.4) is 0 Å². The van der Waals surface area contributed by atoms with Crippen molar-refractivity contribution in [2.24, 2.45) is 0 Å². The highest BCUT2D eigenvalue weighted by molar-refractivity contribution is 5.94. The predicted octanol–water partition coefficient (Wildman–Crippen LogP) is 4.14. The Balaban J connectivity index is 1.91. The fourth-order valence-electron chi connectivity index (χ4n) is 2.07. The first-order chi connectivity index (χ1) is 12.3. The number of alkyl halides is 3. The zero-order valence-corrected chi connectivity index (χ0v) is 14.2. The molecule has 0 spiro atoms. The molecule has 140 valence electrons. The van der Waals surface area contributed by atoms with Crippen LogP contribution in [0.15, 0.2) is 48.5 Å². The lowest BCUT2D eigenvalue weighted by Gasteiger charge is -2.15. The van der Waals surface area contributed by atoms with E-state index >= 15 is 0 Å². The molecule has 1 amide bonds. The summed E-state index contributed by atoms with van der Waals surface area (Å²) in [5.74, 6) is -0.234. The molecule has 0 aliphatic heterocycles. The van der Waals surface area contributed by atoms with E-state index in [1.807, 2.05) is 6.07 Å². The zero-order chi connectivity index (χ0) is 19.2. The summed E-state index contributed by atoms with van der Waals surface area (Å²) >= 11 is 0. The maximum atomic E-state index is 12.2. The van der Waals surface area contributed by atoms with Gasteiger partial charge in [-0.1, -0.05) is 18.2 Å². The van der Waals surface area contributed by atoms with Gasteiger partial charge >= 0.3 is 6.36 Å². The summed E-state index contributed by atoms with van der Waals surface area (Å²) in [4.78, 5) is 12.1. The van der Waals surface area contributed by atoms with E-state index in [1.165, 1.54) is 12.1 Å². The van der Waals surface area contributed by atoms with Crippen LogP contribution >= 0.6 is 0 Å². The molecule has 2 aromatic rings. The van der Waals surface area contributed by atoms with Crippen molar-refractivity contribution in [2.75, 3.05) is 12.4 Å². The number of anilines is 1. The second-order valence-electron chi connectivity index (χ2n) is 5.37. The van der Waals surface area contributed by atoms with E-state index < -0.39 is 24.1 Å². The predicted molar refractivity (Wildman–Crippen MR) is 89.0 cm³/mol. The number of hydrogen-bond donors (Lipinski definition) is 1. The molecule has 0 fully saturated rings. The van der Waals surface area contributed by atoms with Crippen LogP contribution in [-0.2, 0) is 16.1 Å². The number of nitrogens with one attached hydrogen (secondary N) is 1. The van der Waals surface area contributed by atoms with Gasteiger partial charge in [-0.15, -0.1) is 13.2 Å². The third-order valence-electron chi connectivity index (χ3n) is 3.34. The van der Waals surface area contributed by atoms with Crippen molar-refractivity contribution >= 4 is 11.6 Å². The number of rotatable bonds is 7. The molecule has 0 radical (unpaired) electrons. The molecule has 1 atom stereocenters. The van der Waals surface area contributed by atoms with E-state index in [0.29, 0.717) is 5.75 Å². The van der Waals surface area contributed by atoms with Gasteiger partial charge in [0.1, 0.15) is 17.6 Å². The number of amides is 1. The number of hydrogen-bond acceptors (Lipinski definition) is 4. The average Bonchev–Trinajstić information content (AvgIpc) is 2.58. The first-order valence-corrected chi connectivity index (χ1v) is 7.68. The van der Waals surface area contributed by atoms with Gasteiger partial charge in [0.05, 0.1) is 13.7 Å². The summed E-state index contributed by atoms with van der Waals surface area (Å²) in [5.41, 5.74) is 0.998. The van der Waals surface area contributed by atoms with Crippen molar-refractivity contribution in [1.29, 1.82) is 0 Å². The Morgan fingerprint density at radius 1 is 1.12 bits per heavy atom. The second-order valence-corrected chi connectivity index (χ2v) is 5.37. The first kappa shape index (κ1) is 19.6. The maximum absolute atomic E-state index is 12.2. The standard InChI is InChI=1S/C18H18F3NO4/c1-12(25-11-13-5-3-7-15(9-13)24-2)17(23)22-14-6-4-8-16(10-14)26-18(19,20)21/h3-10,12H,11H2,1-2H3,(H,22,23). The van der Waals surface area contributed by atoms with Crippen LogP contribution in [0.5, 0.6) is 11.5 Å². The topological polar surface area (TPSA) is 56.8 Å². The van der Waals surface area contributed by atoms with E-state index in [0.717, 1.165) is 17.7 Å². The molecule has 0 bridgehead atoms. The third-order valence-corrected chi connectivity index (χ3v) is 3.34. The molecule has 0 aliphatic carbocycles. The van der Waals surface area contributed by atoms with Crippen molar-refractivity contribution in [3.05, 3.63) is 54.1 Å². The van der Waals surface area contributed by atoms with Crippen LogP contribution in [0.1, 0.15) is 12.5 Å². The molecule has 1 N–H and O–H groups in total. The minimum atomic E-state index is -4.80. The molecule has 0 aliphatic rings. The molecule has 0 saturated heterocycles. The smallest absolute Gasteiger partial charge is 0.497 e. The summed E-state index contributed by atoms with van der Waals surface area (Å²) in [6, 6.07) is 12.2. The van der Waals surface area contributed by atoms with E-state index in [-0.39, 0.29) is 12.3 Å². The summed E-state index contributed by atoms with van der Waals surface area (Å²) in [7, 11) is 1.55. The Morgan fingerprint density at radius 3 is 2.50 bits per heavy atom. The van der Waals surface area contributed by atoms with Gasteiger partial charge in [0, 0.05) is 11.8 Å². The SMILES string of the molecule is COc1cccc(COC(C)C(=O)Nc2cccc(OC(F)(F)F)c2)c1. The van der Waals surface area contributed by atoms with Crippen molar-refractivity contribution in [1.82, 2.24) is 0 Å². The molecule has 2 aromatic carbocycles. The lowest BCUT2D eigenvalue weighted by Crippen LogP contribution is -2.27. The lowest BCUT2D eigenvalue weighted by molar-refractivity contribution is -0.274. The van der Waals surface area contributed by atoms with Gasteiger partial charge in [0.25, 0.3) is 5.91 Å². The zero-order valence-electron chi connectivity index (χ0n) is 14.2. The Kier molecular flexibility index (Phi) is 6.46. The quantitative estimate of drug-likeness (QED) is 0.797.